The highest BCUT2D eigenvalue weighted by Crippen LogP contribution is 2.44. The third-order valence-electron chi connectivity index (χ3n) is 6.79. The van der Waals surface area contributed by atoms with Crippen LogP contribution in [0.2, 0.25) is 0 Å². The number of hydrogen-bond donors (Lipinski definition) is 2. The summed E-state index contributed by atoms with van der Waals surface area (Å²) in [6, 6.07) is 10.3. The van der Waals surface area contributed by atoms with Gasteiger partial charge in [0, 0.05) is 30.3 Å². The van der Waals surface area contributed by atoms with E-state index in [0.717, 1.165) is 17.7 Å². The molecule has 3 heterocycles. The van der Waals surface area contributed by atoms with Gasteiger partial charge in [-0.3, -0.25) is 9.58 Å². The van der Waals surface area contributed by atoms with Gasteiger partial charge in [0.1, 0.15) is 23.5 Å². The molecule has 0 radical (unpaired) electrons. The molecule has 2 aliphatic heterocycles. The molecule has 1 aromatic heterocycles. The molecule has 1 saturated heterocycles. The Morgan fingerprint density at radius 1 is 1.24 bits per heavy atom. The second-order valence-electron chi connectivity index (χ2n) is 8.84. The fraction of sp³-hybridized carbons (Fsp3) is 0.360. The molecule has 2 aromatic carbocycles. The first-order chi connectivity index (χ1) is 16.4. The van der Waals surface area contributed by atoms with E-state index in [1.54, 1.807) is 29.1 Å². The van der Waals surface area contributed by atoms with E-state index in [-0.39, 0.29) is 23.8 Å². The number of piperidine rings is 1. The molecule has 1 fully saturated rings. The summed E-state index contributed by atoms with van der Waals surface area (Å²) in [5.74, 6) is 0.408. The van der Waals surface area contributed by atoms with Gasteiger partial charge in [-0.05, 0) is 68.3 Å². The van der Waals surface area contributed by atoms with Crippen molar-refractivity contribution in [3.8, 4) is 11.5 Å². The molecule has 5 rings (SSSR count). The molecule has 34 heavy (non-hydrogen) atoms. The molecule has 0 aliphatic carbocycles. The average Bonchev–Trinajstić information content (AvgIpc) is 3.30. The fourth-order valence-electron chi connectivity index (χ4n) is 5.00. The molecule has 178 valence electrons. The van der Waals surface area contributed by atoms with Crippen LogP contribution in [0, 0.1) is 5.82 Å². The van der Waals surface area contributed by atoms with Gasteiger partial charge in [0.25, 0.3) is 0 Å². The van der Waals surface area contributed by atoms with E-state index in [2.05, 4.69) is 10.4 Å². The Bertz CT molecular complexity index is 1180. The molecule has 0 bridgehead atoms. The zero-order valence-corrected chi connectivity index (χ0v) is 18.7. The Morgan fingerprint density at radius 2 is 2.03 bits per heavy atom. The van der Waals surface area contributed by atoms with Crippen molar-refractivity contribution in [2.75, 3.05) is 18.0 Å². The van der Waals surface area contributed by atoms with Crippen LogP contribution in [0.15, 0.2) is 54.9 Å². The smallest absolute Gasteiger partial charge is 0.412 e. The first-order valence-electron chi connectivity index (χ1n) is 11.4. The summed E-state index contributed by atoms with van der Waals surface area (Å²) in [6.45, 7) is 2.89. The Labute approximate surface area is 196 Å². The van der Waals surface area contributed by atoms with E-state index in [1.165, 1.54) is 29.2 Å². The Hall–Kier alpha value is -3.46. The van der Waals surface area contributed by atoms with Gasteiger partial charge in [-0.15, -0.1) is 0 Å². The molecular weight excluding hydrogens is 442 g/mol. The summed E-state index contributed by atoms with van der Waals surface area (Å²) < 4.78 is 35.5. The molecule has 3 aromatic rings. The number of nitrogens with one attached hydrogen (secondary N) is 1. The SMILES string of the molecule is C[C@H]1C(c2cnn([C@@H]3CCNC[C@@H]3F)c2)Cc2c(Oc3ccc(F)cc3)cccc2N1C(=O)O. The Kier molecular flexibility index (Phi) is 5.95. The van der Waals surface area contributed by atoms with Gasteiger partial charge in [0.2, 0.25) is 0 Å². The van der Waals surface area contributed by atoms with Crippen LogP contribution >= 0.6 is 0 Å². The van der Waals surface area contributed by atoms with Crippen molar-refractivity contribution >= 4 is 11.8 Å². The second kappa shape index (κ2) is 9.06. The van der Waals surface area contributed by atoms with Gasteiger partial charge in [-0.2, -0.15) is 5.10 Å². The van der Waals surface area contributed by atoms with Crippen molar-refractivity contribution in [2.45, 2.75) is 43.9 Å². The van der Waals surface area contributed by atoms with E-state index in [9.17, 15) is 18.7 Å². The van der Waals surface area contributed by atoms with Crippen LogP contribution in [0.1, 0.15) is 36.4 Å². The molecule has 1 unspecified atom stereocenters. The number of anilines is 1. The lowest BCUT2D eigenvalue weighted by molar-refractivity contribution is 0.173. The number of rotatable bonds is 4. The predicted octanol–water partition coefficient (Wildman–Crippen LogP) is 4.90. The van der Waals surface area contributed by atoms with Crippen LogP contribution in [0.25, 0.3) is 0 Å². The number of nitrogens with zero attached hydrogens (tertiary/aromatic N) is 3. The van der Waals surface area contributed by atoms with Crippen molar-refractivity contribution < 1.29 is 23.4 Å². The van der Waals surface area contributed by atoms with Crippen LogP contribution in [0.3, 0.4) is 0 Å². The molecule has 2 aliphatic rings. The number of carbonyl (C=O) groups is 1. The molecule has 0 saturated carbocycles. The summed E-state index contributed by atoms with van der Waals surface area (Å²) in [5, 5.41) is 17.5. The summed E-state index contributed by atoms with van der Waals surface area (Å²) in [4.78, 5) is 13.6. The highest BCUT2D eigenvalue weighted by molar-refractivity contribution is 5.89. The van der Waals surface area contributed by atoms with Crippen LogP contribution < -0.4 is 15.0 Å². The number of carboxylic acid groups (broad SMARTS) is 1. The maximum atomic E-state index is 14.5. The number of halogens is 2. The normalized spacial score (nSPS) is 24.5. The lowest BCUT2D eigenvalue weighted by Crippen LogP contribution is -2.45. The standard InChI is InChI=1S/C25H26F2N4O3/c1-15-19(16-12-29-30(14-16)23-9-10-28-13-21(23)27)11-20-22(31(15)25(32)33)3-2-4-24(20)34-18-7-5-17(26)6-8-18/h2-8,12,14-15,19,21,23,28H,9-11,13H2,1H3,(H,32,33)/t15-,19?,21-,23+/m0/s1. The average molecular weight is 469 g/mol. The minimum atomic E-state index is -1.06. The van der Waals surface area contributed by atoms with Gasteiger partial charge in [0.05, 0.1) is 17.9 Å². The molecule has 2 N–H and O–H groups in total. The van der Waals surface area contributed by atoms with E-state index in [1.807, 2.05) is 13.1 Å². The molecule has 9 heteroatoms. The van der Waals surface area contributed by atoms with Crippen molar-refractivity contribution in [2.24, 2.45) is 0 Å². The summed E-state index contributed by atoms with van der Waals surface area (Å²) in [7, 11) is 0. The van der Waals surface area contributed by atoms with E-state index in [4.69, 9.17) is 4.74 Å². The van der Waals surface area contributed by atoms with E-state index in [0.29, 0.717) is 36.6 Å². The van der Waals surface area contributed by atoms with Crippen LogP contribution in [0.5, 0.6) is 11.5 Å². The van der Waals surface area contributed by atoms with Crippen LogP contribution in [0.4, 0.5) is 19.3 Å². The Morgan fingerprint density at radius 3 is 2.76 bits per heavy atom. The van der Waals surface area contributed by atoms with Gasteiger partial charge in [-0.1, -0.05) is 6.07 Å². The number of ether oxygens (including phenoxy) is 1. The zero-order chi connectivity index (χ0) is 23.8. The maximum Gasteiger partial charge on any atom is 0.412 e. The number of fused-ring (bicyclic) bond motifs is 1. The summed E-state index contributed by atoms with van der Waals surface area (Å²) >= 11 is 0. The van der Waals surface area contributed by atoms with Gasteiger partial charge < -0.3 is 15.2 Å². The van der Waals surface area contributed by atoms with Gasteiger partial charge in [-0.25, -0.2) is 13.6 Å². The largest absolute Gasteiger partial charge is 0.465 e. The molecule has 4 atom stereocenters. The minimum Gasteiger partial charge on any atom is -0.465 e. The van der Waals surface area contributed by atoms with E-state index < -0.39 is 12.3 Å². The van der Waals surface area contributed by atoms with Crippen molar-refractivity contribution in [3.63, 3.8) is 0 Å². The molecule has 7 nitrogen and oxygen atoms in total. The number of aromatic nitrogens is 2. The molecule has 1 amide bonds. The van der Waals surface area contributed by atoms with Crippen molar-refractivity contribution in [1.29, 1.82) is 0 Å². The third kappa shape index (κ3) is 4.11. The first-order valence-corrected chi connectivity index (χ1v) is 11.4. The zero-order valence-electron chi connectivity index (χ0n) is 18.7. The van der Waals surface area contributed by atoms with E-state index >= 15 is 0 Å². The van der Waals surface area contributed by atoms with Crippen LogP contribution in [-0.4, -0.2) is 46.3 Å². The lowest BCUT2D eigenvalue weighted by Gasteiger charge is -2.39. The summed E-state index contributed by atoms with van der Waals surface area (Å²) in [5.41, 5.74) is 2.16. The summed E-state index contributed by atoms with van der Waals surface area (Å²) in [6.07, 6.45) is 2.63. The number of benzene rings is 2. The van der Waals surface area contributed by atoms with Crippen LogP contribution in [-0.2, 0) is 6.42 Å². The highest BCUT2D eigenvalue weighted by atomic mass is 19.1. The predicted molar refractivity (Wildman–Crippen MR) is 123 cm³/mol. The molecular formula is C25H26F2N4O3. The van der Waals surface area contributed by atoms with Gasteiger partial charge >= 0.3 is 6.09 Å². The highest BCUT2D eigenvalue weighted by Gasteiger charge is 2.38. The maximum absolute atomic E-state index is 14.5. The first kappa shape index (κ1) is 22.3. The van der Waals surface area contributed by atoms with Gasteiger partial charge in [0.15, 0.2) is 0 Å². The monoisotopic (exact) mass is 468 g/mol. The number of hydrogen-bond acceptors (Lipinski definition) is 4. The minimum absolute atomic E-state index is 0.199. The quantitative estimate of drug-likeness (QED) is 0.570. The Balaban J connectivity index is 1.49. The number of alkyl halides is 1. The number of amides is 1. The second-order valence-corrected chi connectivity index (χ2v) is 8.84. The topological polar surface area (TPSA) is 79.6 Å². The third-order valence-corrected chi connectivity index (χ3v) is 6.79. The fourth-order valence-corrected chi connectivity index (χ4v) is 5.00. The molecule has 0 spiro atoms. The van der Waals surface area contributed by atoms with Crippen molar-refractivity contribution in [3.05, 3.63) is 71.8 Å². The van der Waals surface area contributed by atoms with Crippen molar-refractivity contribution in [1.82, 2.24) is 15.1 Å². The lowest BCUT2D eigenvalue weighted by atomic mass is 9.82.